The molecule has 5 N–H and O–H groups in total. The summed E-state index contributed by atoms with van der Waals surface area (Å²) in [5, 5.41) is 29.9. The topological polar surface area (TPSA) is 157 Å². The highest BCUT2D eigenvalue weighted by atomic mass is 19.4. The van der Waals surface area contributed by atoms with E-state index in [9.17, 15) is 36.6 Å². The number of aryl methyl sites for hydroxylation is 1. The molecule has 0 saturated carbocycles. The van der Waals surface area contributed by atoms with E-state index >= 15 is 8.78 Å². The number of aliphatic hydroxyl groups is 1. The second-order valence-electron chi connectivity index (χ2n) is 14.2. The number of allylic oxidation sites excluding steroid dienone is 2. The predicted molar refractivity (Wildman–Crippen MR) is 198 cm³/mol. The van der Waals surface area contributed by atoms with Crippen LogP contribution in [0.1, 0.15) is 49.7 Å². The standard InChI is InChI=1S/C39H37F7N8O4/c1-37(2,57)11-9-24-7-8-25(26-5-4-6-27-31(26)53(3)52-34(27)51-36(56)54-13-15-58-16-14-54)30(48-24)29(19-21-17-22(40)20-23(41)18-21)49-35(55)50-33-28(10-12-38(33,42)43)32(47)39(44,45)46/h4-8,17-18,20,29,47,57H,10,12-16,19H2,1-3H3,(H2,49,50,55)(H,51,52,56). The first-order valence-corrected chi connectivity index (χ1v) is 17.9. The van der Waals surface area contributed by atoms with Gasteiger partial charge in [0.15, 0.2) is 5.82 Å². The van der Waals surface area contributed by atoms with Gasteiger partial charge in [0, 0.05) is 54.7 Å². The summed E-state index contributed by atoms with van der Waals surface area (Å²) in [5.41, 5.74) is -4.94. The average molecular weight is 815 g/mol. The third kappa shape index (κ3) is 9.40. The number of fused-ring (bicyclic) bond motifs is 1. The highest BCUT2D eigenvalue weighted by Gasteiger charge is 2.49. The molecule has 2 aromatic heterocycles. The fourth-order valence-electron chi connectivity index (χ4n) is 6.68. The number of halogens is 7. The first-order chi connectivity index (χ1) is 27.2. The van der Waals surface area contributed by atoms with Crippen molar-refractivity contribution in [2.75, 3.05) is 31.6 Å². The molecule has 6 rings (SSSR count). The van der Waals surface area contributed by atoms with E-state index in [1.807, 2.05) is 5.32 Å². The predicted octanol–water partition coefficient (Wildman–Crippen LogP) is 6.75. The summed E-state index contributed by atoms with van der Waals surface area (Å²) in [7, 11) is 1.61. The Balaban J connectivity index is 1.49. The molecule has 1 saturated heterocycles. The lowest BCUT2D eigenvalue weighted by molar-refractivity contribution is -0.0591. The maximum absolute atomic E-state index is 15.0. The minimum atomic E-state index is -5.29. The second-order valence-corrected chi connectivity index (χ2v) is 14.2. The number of ether oxygens (including phenoxy) is 1. The van der Waals surface area contributed by atoms with Crippen LogP contribution in [0.2, 0.25) is 0 Å². The van der Waals surface area contributed by atoms with Crippen LogP contribution in [-0.2, 0) is 18.2 Å². The van der Waals surface area contributed by atoms with Crippen LogP contribution in [0.5, 0.6) is 0 Å². The third-order valence-corrected chi connectivity index (χ3v) is 9.28. The number of morpholine rings is 1. The van der Waals surface area contributed by atoms with Crippen LogP contribution in [0.25, 0.3) is 22.0 Å². The number of carbonyl (C=O) groups excluding carboxylic acids is 2. The Bertz CT molecular complexity index is 2350. The molecule has 1 unspecified atom stereocenters. The molecule has 4 amide bonds. The van der Waals surface area contributed by atoms with E-state index < -0.39 is 83.7 Å². The number of carbonyl (C=O) groups is 2. The molecule has 0 spiro atoms. The van der Waals surface area contributed by atoms with Gasteiger partial charge < -0.3 is 25.4 Å². The number of benzene rings is 2. The summed E-state index contributed by atoms with van der Waals surface area (Å²) in [6.07, 6.45) is -7.66. The van der Waals surface area contributed by atoms with Gasteiger partial charge in [-0.15, -0.1) is 0 Å². The SMILES string of the molecule is Cn1nc(NC(=O)N2CCOCC2)c2cccc(-c3ccc(C#CC(C)(C)O)nc3C(Cc3cc(F)cc(F)c3)NC(=O)NC3=C(C(=N)C(F)(F)F)CCC3(F)F)c21. The lowest BCUT2D eigenvalue weighted by Crippen LogP contribution is -2.43. The number of urea groups is 2. The van der Waals surface area contributed by atoms with E-state index in [0.29, 0.717) is 48.8 Å². The van der Waals surface area contributed by atoms with Gasteiger partial charge in [0.05, 0.1) is 36.2 Å². The van der Waals surface area contributed by atoms with Crippen LogP contribution in [-0.4, -0.2) is 86.5 Å². The van der Waals surface area contributed by atoms with Crippen molar-refractivity contribution in [2.24, 2.45) is 7.05 Å². The van der Waals surface area contributed by atoms with Crippen LogP contribution in [0.15, 0.2) is 59.8 Å². The van der Waals surface area contributed by atoms with Crippen LogP contribution >= 0.6 is 0 Å². The minimum Gasteiger partial charge on any atom is -0.378 e. The van der Waals surface area contributed by atoms with Crippen molar-refractivity contribution in [1.82, 2.24) is 30.3 Å². The van der Waals surface area contributed by atoms with Crippen molar-refractivity contribution in [3.05, 3.63) is 88.4 Å². The number of rotatable bonds is 8. The van der Waals surface area contributed by atoms with Gasteiger partial charge in [-0.1, -0.05) is 18.1 Å². The zero-order chi connectivity index (χ0) is 42.2. The summed E-state index contributed by atoms with van der Waals surface area (Å²) >= 11 is 0. The molecule has 0 bridgehead atoms. The average Bonchev–Trinajstić information content (AvgIpc) is 3.62. The molecular weight excluding hydrogens is 777 g/mol. The maximum Gasteiger partial charge on any atom is 0.433 e. The lowest BCUT2D eigenvalue weighted by Gasteiger charge is -2.26. The Kier molecular flexibility index (Phi) is 11.6. The number of amides is 4. The molecule has 1 aliphatic heterocycles. The Morgan fingerprint density at radius 2 is 1.72 bits per heavy atom. The first kappa shape index (κ1) is 41.6. The Labute approximate surface area is 327 Å². The molecule has 12 nitrogen and oxygen atoms in total. The third-order valence-electron chi connectivity index (χ3n) is 9.28. The monoisotopic (exact) mass is 814 g/mol. The molecule has 19 heteroatoms. The number of hydrogen-bond acceptors (Lipinski definition) is 7. The summed E-state index contributed by atoms with van der Waals surface area (Å²) in [4.78, 5) is 33.0. The molecule has 4 aromatic rings. The number of nitrogens with one attached hydrogen (secondary N) is 4. The summed E-state index contributed by atoms with van der Waals surface area (Å²) in [6.45, 7) is 4.28. The van der Waals surface area contributed by atoms with Crippen LogP contribution in [0.3, 0.4) is 0 Å². The van der Waals surface area contributed by atoms with Gasteiger partial charge in [-0.2, -0.15) is 27.1 Å². The van der Waals surface area contributed by atoms with Gasteiger partial charge in [-0.3, -0.25) is 15.4 Å². The maximum atomic E-state index is 15.0. The van der Waals surface area contributed by atoms with Gasteiger partial charge in [0.1, 0.15) is 28.6 Å². The quantitative estimate of drug-likeness (QED) is 0.0753. The van der Waals surface area contributed by atoms with E-state index in [2.05, 4.69) is 32.6 Å². The van der Waals surface area contributed by atoms with Gasteiger partial charge in [-0.05, 0) is 68.5 Å². The van der Waals surface area contributed by atoms with Gasteiger partial charge in [-0.25, -0.2) is 23.4 Å². The number of pyridine rings is 1. The highest BCUT2D eigenvalue weighted by Crippen LogP contribution is 2.42. The van der Waals surface area contributed by atoms with E-state index in [-0.39, 0.29) is 28.3 Å². The molecule has 1 aliphatic carbocycles. The van der Waals surface area contributed by atoms with E-state index in [0.717, 1.165) is 12.1 Å². The van der Waals surface area contributed by atoms with E-state index in [1.165, 1.54) is 24.6 Å². The smallest absolute Gasteiger partial charge is 0.378 e. The fourth-order valence-corrected chi connectivity index (χ4v) is 6.68. The van der Waals surface area contributed by atoms with Gasteiger partial charge in [0.25, 0.3) is 5.92 Å². The normalized spacial score (nSPS) is 16.2. The van der Waals surface area contributed by atoms with Gasteiger partial charge in [0.2, 0.25) is 0 Å². The van der Waals surface area contributed by atoms with Gasteiger partial charge >= 0.3 is 18.2 Å². The molecule has 2 aliphatic rings. The fraction of sp³-hybridized carbons (Fsp3) is 0.359. The van der Waals surface area contributed by atoms with Crippen molar-refractivity contribution in [2.45, 2.75) is 56.9 Å². The Morgan fingerprint density at radius 3 is 2.38 bits per heavy atom. The summed E-state index contributed by atoms with van der Waals surface area (Å²) in [5.74, 6) is -0.349. The number of alkyl halides is 5. The first-order valence-electron chi connectivity index (χ1n) is 17.9. The Hall–Kier alpha value is -6.00. The summed E-state index contributed by atoms with van der Waals surface area (Å²) in [6, 6.07) is 7.30. The minimum absolute atomic E-state index is 0.0275. The molecule has 2 aromatic carbocycles. The number of anilines is 1. The van der Waals surface area contributed by atoms with Crippen LogP contribution in [0, 0.1) is 28.9 Å². The number of para-hydroxylation sites is 1. The van der Waals surface area contributed by atoms with E-state index in [1.54, 1.807) is 36.2 Å². The molecule has 1 atom stereocenters. The summed E-state index contributed by atoms with van der Waals surface area (Å²) < 4.78 is 106. The van der Waals surface area contributed by atoms with Crippen LogP contribution < -0.4 is 16.0 Å². The highest BCUT2D eigenvalue weighted by molar-refractivity contribution is 6.05. The van der Waals surface area contributed by atoms with Crippen molar-refractivity contribution in [1.29, 1.82) is 5.41 Å². The van der Waals surface area contributed by atoms with Crippen molar-refractivity contribution in [3.8, 4) is 23.0 Å². The molecule has 1 fully saturated rings. The number of nitrogens with zero attached hydrogens (tertiary/aromatic N) is 4. The molecule has 3 heterocycles. The molecule has 0 radical (unpaired) electrons. The number of hydrogen-bond donors (Lipinski definition) is 5. The van der Waals surface area contributed by atoms with Crippen molar-refractivity contribution < 1.29 is 50.2 Å². The second kappa shape index (κ2) is 16.1. The Morgan fingerprint density at radius 1 is 1.03 bits per heavy atom. The van der Waals surface area contributed by atoms with Crippen molar-refractivity contribution >= 4 is 34.5 Å². The largest absolute Gasteiger partial charge is 0.433 e. The molecular formula is C39H37F7N8O4. The van der Waals surface area contributed by atoms with Crippen LogP contribution in [0.4, 0.5) is 46.1 Å². The number of aromatic nitrogens is 3. The van der Waals surface area contributed by atoms with E-state index in [4.69, 9.17) is 10.1 Å². The molecule has 306 valence electrons. The zero-order valence-electron chi connectivity index (χ0n) is 31.3. The van der Waals surface area contributed by atoms with Crippen molar-refractivity contribution in [3.63, 3.8) is 0 Å². The molecule has 58 heavy (non-hydrogen) atoms. The lowest BCUT2D eigenvalue weighted by atomic mass is 9.93. The zero-order valence-corrected chi connectivity index (χ0v) is 31.3.